The van der Waals surface area contributed by atoms with Crippen molar-refractivity contribution in [2.75, 3.05) is 0 Å². The molecule has 0 aliphatic rings. The molecule has 1 N–H and O–H groups in total. The topological polar surface area (TPSA) is 63.2 Å². The fourth-order valence-corrected chi connectivity index (χ4v) is 2.61. The van der Waals surface area contributed by atoms with Gasteiger partial charge in [0.2, 0.25) is 0 Å². The van der Waals surface area contributed by atoms with E-state index in [2.05, 4.69) is 5.32 Å². The van der Waals surface area contributed by atoms with E-state index < -0.39 is 31.2 Å². The van der Waals surface area contributed by atoms with Gasteiger partial charge in [0.25, 0.3) is 15.0 Å². The van der Waals surface area contributed by atoms with Crippen LogP contribution in [-0.2, 0) is 9.05 Å². The number of carbonyl (C=O) groups is 1. The summed E-state index contributed by atoms with van der Waals surface area (Å²) in [5.41, 5.74) is -0.704. The molecule has 0 radical (unpaired) electrons. The molecular formula is C13H16Cl2FNO3S. The van der Waals surface area contributed by atoms with Crippen LogP contribution >= 0.6 is 22.3 Å². The average molecular weight is 356 g/mol. The summed E-state index contributed by atoms with van der Waals surface area (Å²) in [5.74, 6) is -1.97. The highest BCUT2D eigenvalue weighted by Crippen LogP contribution is 2.27. The van der Waals surface area contributed by atoms with Crippen LogP contribution in [0.5, 0.6) is 0 Å². The van der Waals surface area contributed by atoms with Gasteiger partial charge < -0.3 is 5.32 Å². The molecule has 0 fully saturated rings. The zero-order chi connectivity index (χ0) is 16.6. The highest BCUT2D eigenvalue weighted by Gasteiger charge is 2.27. The lowest BCUT2D eigenvalue weighted by Gasteiger charge is -2.28. The van der Waals surface area contributed by atoms with Crippen molar-refractivity contribution >= 4 is 37.2 Å². The van der Waals surface area contributed by atoms with Gasteiger partial charge in [0.1, 0.15) is 4.90 Å². The third kappa shape index (κ3) is 4.56. The maximum Gasteiger partial charge on any atom is 0.264 e. The van der Waals surface area contributed by atoms with Gasteiger partial charge in [-0.05, 0) is 24.5 Å². The average Bonchev–Trinajstić information content (AvgIpc) is 2.28. The van der Waals surface area contributed by atoms with Gasteiger partial charge in [-0.2, -0.15) is 0 Å². The van der Waals surface area contributed by atoms with Crippen molar-refractivity contribution in [2.24, 2.45) is 5.41 Å². The molecule has 1 amide bonds. The summed E-state index contributed by atoms with van der Waals surface area (Å²) < 4.78 is 36.8. The lowest BCUT2D eigenvalue weighted by atomic mass is 9.88. The molecule has 1 aromatic rings. The predicted octanol–water partition coefficient (Wildman–Crippen LogP) is 3.57. The van der Waals surface area contributed by atoms with E-state index in [1.165, 1.54) is 0 Å². The molecule has 1 atom stereocenters. The Morgan fingerprint density at radius 2 is 1.86 bits per heavy atom. The number of benzene rings is 1. The quantitative estimate of drug-likeness (QED) is 0.843. The van der Waals surface area contributed by atoms with E-state index in [0.717, 1.165) is 12.1 Å². The third-order valence-electron chi connectivity index (χ3n) is 3.16. The van der Waals surface area contributed by atoms with Gasteiger partial charge in [-0.1, -0.05) is 32.4 Å². The molecular weight excluding hydrogens is 340 g/mol. The Kier molecular flexibility index (Phi) is 5.29. The minimum atomic E-state index is -4.34. The van der Waals surface area contributed by atoms with Crippen molar-refractivity contribution in [1.82, 2.24) is 5.32 Å². The van der Waals surface area contributed by atoms with Gasteiger partial charge in [0.15, 0.2) is 5.82 Å². The van der Waals surface area contributed by atoms with E-state index in [4.69, 9.17) is 22.3 Å². The Hall–Kier alpha value is -0.850. The van der Waals surface area contributed by atoms with Crippen LogP contribution < -0.4 is 5.32 Å². The summed E-state index contributed by atoms with van der Waals surface area (Å²) in [6.07, 6.45) is 0. The van der Waals surface area contributed by atoms with Gasteiger partial charge in [-0.15, -0.1) is 0 Å². The molecule has 0 aliphatic heterocycles. The van der Waals surface area contributed by atoms with Gasteiger partial charge in [0.05, 0.1) is 5.56 Å². The van der Waals surface area contributed by atoms with Gasteiger partial charge in [-0.25, -0.2) is 12.8 Å². The maximum absolute atomic E-state index is 14.2. The van der Waals surface area contributed by atoms with Crippen molar-refractivity contribution < 1.29 is 17.6 Å². The molecule has 0 heterocycles. The number of hydrogen-bond donors (Lipinski definition) is 1. The lowest BCUT2D eigenvalue weighted by Crippen LogP contribution is -2.41. The predicted molar refractivity (Wildman–Crippen MR) is 80.8 cm³/mol. The molecule has 118 valence electrons. The van der Waals surface area contributed by atoms with E-state index in [9.17, 15) is 17.6 Å². The minimum Gasteiger partial charge on any atom is -0.349 e. The van der Waals surface area contributed by atoms with Crippen molar-refractivity contribution in [3.05, 3.63) is 28.5 Å². The van der Waals surface area contributed by atoms with Crippen LogP contribution in [0.15, 0.2) is 17.0 Å². The summed E-state index contributed by atoms with van der Waals surface area (Å²) in [5, 5.41) is 2.51. The van der Waals surface area contributed by atoms with Crippen LogP contribution in [0.3, 0.4) is 0 Å². The first-order chi connectivity index (χ1) is 9.34. The van der Waals surface area contributed by atoms with Crippen molar-refractivity contribution in [2.45, 2.75) is 38.6 Å². The number of nitrogens with one attached hydrogen (secondary N) is 1. The van der Waals surface area contributed by atoms with E-state index >= 15 is 0 Å². The van der Waals surface area contributed by atoms with Crippen molar-refractivity contribution in [3.8, 4) is 0 Å². The van der Waals surface area contributed by atoms with Crippen molar-refractivity contribution in [1.29, 1.82) is 0 Å². The highest BCUT2D eigenvalue weighted by molar-refractivity contribution is 8.13. The molecule has 0 aliphatic carbocycles. The Bertz CT molecular complexity index is 669. The normalized spacial score (nSPS) is 13.9. The van der Waals surface area contributed by atoms with Gasteiger partial charge in [0, 0.05) is 21.7 Å². The largest absolute Gasteiger partial charge is 0.349 e. The first kappa shape index (κ1) is 18.2. The molecule has 0 saturated heterocycles. The Balaban J connectivity index is 3.26. The molecule has 21 heavy (non-hydrogen) atoms. The summed E-state index contributed by atoms with van der Waals surface area (Å²) >= 11 is 5.73. The lowest BCUT2D eigenvalue weighted by molar-refractivity contribution is 0.0905. The molecule has 0 spiro atoms. The van der Waals surface area contributed by atoms with Crippen LogP contribution in [0.4, 0.5) is 4.39 Å². The number of rotatable bonds is 3. The fourth-order valence-electron chi connectivity index (χ4n) is 1.40. The SMILES string of the molecule is CC(NC(=O)c1cc(Cl)cc(S(=O)(=O)Cl)c1F)C(C)(C)C. The standard InChI is InChI=1S/C13H16Cl2FNO3S/c1-7(13(2,3)4)17-12(18)9-5-8(14)6-10(11(9)16)21(15,19)20/h5-7H,1-4H3,(H,17,18). The summed E-state index contributed by atoms with van der Waals surface area (Å²) in [4.78, 5) is 11.3. The summed E-state index contributed by atoms with van der Waals surface area (Å²) in [7, 11) is 0.797. The molecule has 0 saturated carbocycles. The molecule has 1 aromatic carbocycles. The second-order valence-electron chi connectivity index (χ2n) is 5.76. The van der Waals surface area contributed by atoms with Crippen LogP contribution in [0.2, 0.25) is 5.02 Å². The first-order valence-corrected chi connectivity index (χ1v) is 8.77. The second kappa shape index (κ2) is 6.10. The van der Waals surface area contributed by atoms with E-state index in [-0.39, 0.29) is 16.5 Å². The second-order valence-corrected chi connectivity index (χ2v) is 8.74. The number of hydrogen-bond acceptors (Lipinski definition) is 3. The zero-order valence-electron chi connectivity index (χ0n) is 12.0. The zero-order valence-corrected chi connectivity index (χ0v) is 14.3. The molecule has 1 unspecified atom stereocenters. The first-order valence-electron chi connectivity index (χ1n) is 6.08. The Morgan fingerprint density at radius 1 is 1.33 bits per heavy atom. The van der Waals surface area contributed by atoms with Crippen LogP contribution in [0.1, 0.15) is 38.1 Å². The highest BCUT2D eigenvalue weighted by atomic mass is 35.7. The monoisotopic (exact) mass is 355 g/mol. The van der Waals surface area contributed by atoms with E-state index in [1.54, 1.807) is 6.92 Å². The summed E-state index contributed by atoms with van der Waals surface area (Å²) in [6.45, 7) is 7.47. The third-order valence-corrected chi connectivity index (χ3v) is 4.70. The van der Waals surface area contributed by atoms with Crippen LogP contribution in [0, 0.1) is 11.2 Å². The Labute approximate surface area is 133 Å². The smallest absolute Gasteiger partial charge is 0.264 e. The van der Waals surface area contributed by atoms with Crippen LogP contribution in [-0.4, -0.2) is 20.4 Å². The molecule has 0 bridgehead atoms. The minimum absolute atomic E-state index is 0.0933. The number of amides is 1. The Morgan fingerprint density at radius 3 is 2.29 bits per heavy atom. The maximum atomic E-state index is 14.2. The molecule has 8 heteroatoms. The van der Waals surface area contributed by atoms with Crippen LogP contribution in [0.25, 0.3) is 0 Å². The molecule has 0 aromatic heterocycles. The number of halogens is 3. The van der Waals surface area contributed by atoms with E-state index in [0.29, 0.717) is 0 Å². The van der Waals surface area contributed by atoms with Gasteiger partial charge >= 0.3 is 0 Å². The molecule has 1 rings (SSSR count). The van der Waals surface area contributed by atoms with Crippen molar-refractivity contribution in [3.63, 3.8) is 0 Å². The van der Waals surface area contributed by atoms with E-state index in [1.807, 2.05) is 20.8 Å². The fraction of sp³-hybridized carbons (Fsp3) is 0.462. The number of carbonyl (C=O) groups excluding carboxylic acids is 1. The van der Waals surface area contributed by atoms with Gasteiger partial charge in [-0.3, -0.25) is 4.79 Å². The molecule has 4 nitrogen and oxygen atoms in total. The summed E-state index contributed by atoms with van der Waals surface area (Å²) in [6, 6.07) is 1.66.